The zero-order valence-corrected chi connectivity index (χ0v) is 18.8. The molecule has 1 unspecified atom stereocenters. The van der Waals surface area contributed by atoms with Gasteiger partial charge < -0.3 is 14.2 Å². The van der Waals surface area contributed by atoms with Gasteiger partial charge in [-0.15, -0.1) is 0 Å². The summed E-state index contributed by atoms with van der Waals surface area (Å²) < 4.78 is 10.8. The molecule has 2 aromatic carbocycles. The number of benzene rings is 2. The Morgan fingerprint density at radius 1 is 1.06 bits per heavy atom. The van der Waals surface area contributed by atoms with Gasteiger partial charge in [0, 0.05) is 31.5 Å². The molecule has 32 heavy (non-hydrogen) atoms. The Balaban J connectivity index is 1.44. The number of amides is 1. The number of hydrogen-bond donors (Lipinski definition) is 0. The summed E-state index contributed by atoms with van der Waals surface area (Å²) in [5.74, 6) is 0.0962. The first kappa shape index (κ1) is 22.3. The Hall–Kier alpha value is -2.90. The molecule has 1 atom stereocenters. The van der Waals surface area contributed by atoms with Crippen molar-refractivity contribution in [2.45, 2.75) is 31.8 Å². The third-order valence-electron chi connectivity index (χ3n) is 5.39. The van der Waals surface area contributed by atoms with E-state index in [2.05, 4.69) is 10.1 Å². The number of piperidine rings is 1. The third-order valence-corrected chi connectivity index (χ3v) is 6.02. The Morgan fingerprint density at radius 3 is 2.34 bits per heavy atom. The van der Waals surface area contributed by atoms with E-state index in [0.29, 0.717) is 58.8 Å². The fraction of sp³-hybridized carbons (Fsp3) is 0.304. The van der Waals surface area contributed by atoms with E-state index >= 15 is 0 Å². The number of aromatic nitrogens is 2. The molecule has 1 fully saturated rings. The molecule has 0 radical (unpaired) electrons. The van der Waals surface area contributed by atoms with Gasteiger partial charge in [-0.1, -0.05) is 64.8 Å². The predicted molar refractivity (Wildman–Crippen MR) is 119 cm³/mol. The highest BCUT2D eigenvalue weighted by molar-refractivity contribution is 6.38. The van der Waals surface area contributed by atoms with Crippen LogP contribution in [-0.2, 0) is 14.3 Å². The van der Waals surface area contributed by atoms with Crippen molar-refractivity contribution in [3.8, 4) is 11.4 Å². The number of halogens is 2. The molecule has 1 aliphatic rings. The molecule has 0 spiro atoms. The lowest BCUT2D eigenvalue weighted by Crippen LogP contribution is -2.41. The number of hydrogen-bond acceptors (Lipinski definition) is 6. The molecule has 7 nitrogen and oxygen atoms in total. The van der Waals surface area contributed by atoms with Crippen LogP contribution < -0.4 is 0 Å². The van der Waals surface area contributed by atoms with E-state index in [0.717, 1.165) is 0 Å². The molecular formula is C23H21Cl2N3O4. The zero-order chi connectivity index (χ0) is 22.7. The lowest BCUT2D eigenvalue weighted by atomic mass is 9.96. The molecule has 2 heterocycles. The maximum absolute atomic E-state index is 13.1. The summed E-state index contributed by atoms with van der Waals surface area (Å²) in [6.45, 7) is 2.27. The van der Waals surface area contributed by atoms with Crippen LogP contribution >= 0.6 is 23.2 Å². The molecule has 4 rings (SSSR count). The second-order valence-corrected chi connectivity index (χ2v) is 8.37. The maximum atomic E-state index is 13.1. The second kappa shape index (κ2) is 9.71. The van der Waals surface area contributed by atoms with Crippen LogP contribution in [0.3, 0.4) is 0 Å². The molecule has 0 saturated carbocycles. The summed E-state index contributed by atoms with van der Waals surface area (Å²) in [6, 6.07) is 14.2. The highest BCUT2D eigenvalue weighted by Crippen LogP contribution is 2.35. The van der Waals surface area contributed by atoms with E-state index in [-0.39, 0.29) is 11.8 Å². The molecule has 3 aromatic rings. The SMILES string of the molecule is CC(=O)OC(C(=O)N1CCC(c2nc(-c3c(Cl)cccc3Cl)no2)CC1)c1ccccc1. The molecule has 1 aromatic heterocycles. The summed E-state index contributed by atoms with van der Waals surface area (Å²) in [5.41, 5.74) is 1.18. The van der Waals surface area contributed by atoms with Crippen molar-refractivity contribution >= 4 is 35.1 Å². The second-order valence-electron chi connectivity index (χ2n) is 7.55. The van der Waals surface area contributed by atoms with Gasteiger partial charge >= 0.3 is 5.97 Å². The van der Waals surface area contributed by atoms with Crippen molar-refractivity contribution in [3.63, 3.8) is 0 Å². The number of nitrogens with zero attached hydrogens (tertiary/aromatic N) is 3. The first-order chi connectivity index (χ1) is 15.4. The van der Waals surface area contributed by atoms with Crippen molar-refractivity contribution in [2.75, 3.05) is 13.1 Å². The molecule has 1 amide bonds. The third kappa shape index (κ3) is 4.79. The minimum absolute atomic E-state index is 0.00506. The van der Waals surface area contributed by atoms with Crippen LogP contribution in [0.2, 0.25) is 10.0 Å². The maximum Gasteiger partial charge on any atom is 0.303 e. The van der Waals surface area contributed by atoms with Crippen molar-refractivity contribution in [3.05, 3.63) is 70.0 Å². The van der Waals surface area contributed by atoms with Crippen molar-refractivity contribution in [1.29, 1.82) is 0 Å². The average Bonchev–Trinajstić information content (AvgIpc) is 3.27. The summed E-state index contributed by atoms with van der Waals surface area (Å²) in [7, 11) is 0. The quantitative estimate of drug-likeness (QED) is 0.481. The van der Waals surface area contributed by atoms with E-state index in [4.69, 9.17) is 32.5 Å². The Morgan fingerprint density at radius 2 is 1.72 bits per heavy atom. The smallest absolute Gasteiger partial charge is 0.303 e. The van der Waals surface area contributed by atoms with Crippen molar-refractivity contribution < 1.29 is 18.8 Å². The number of carbonyl (C=O) groups excluding carboxylic acids is 2. The van der Waals surface area contributed by atoms with E-state index in [1.54, 1.807) is 35.2 Å². The number of rotatable bonds is 5. The molecule has 166 valence electrons. The van der Waals surface area contributed by atoms with Crippen LogP contribution in [0.5, 0.6) is 0 Å². The zero-order valence-electron chi connectivity index (χ0n) is 17.3. The van der Waals surface area contributed by atoms with E-state index in [9.17, 15) is 9.59 Å². The van der Waals surface area contributed by atoms with E-state index in [1.165, 1.54) is 6.92 Å². The average molecular weight is 474 g/mol. The van der Waals surface area contributed by atoms with Gasteiger partial charge in [0.05, 0.1) is 15.6 Å². The van der Waals surface area contributed by atoms with Gasteiger partial charge in [-0.05, 0) is 25.0 Å². The first-order valence-corrected chi connectivity index (χ1v) is 11.0. The Kier molecular flexibility index (Phi) is 6.77. The highest BCUT2D eigenvalue weighted by Gasteiger charge is 2.33. The topological polar surface area (TPSA) is 85.5 Å². The summed E-state index contributed by atoms with van der Waals surface area (Å²) in [6.07, 6.45) is 0.332. The van der Waals surface area contributed by atoms with Crippen LogP contribution in [0, 0.1) is 0 Å². The normalized spacial score (nSPS) is 15.4. The Labute approximate surface area is 195 Å². The Bertz CT molecular complexity index is 1090. The molecular weight excluding hydrogens is 453 g/mol. The number of carbonyl (C=O) groups is 2. The molecule has 9 heteroatoms. The predicted octanol–water partition coefficient (Wildman–Crippen LogP) is 5.05. The highest BCUT2D eigenvalue weighted by atomic mass is 35.5. The number of esters is 1. The molecule has 1 saturated heterocycles. The van der Waals surface area contributed by atoms with Gasteiger partial charge in [0.2, 0.25) is 17.8 Å². The summed E-state index contributed by atoms with van der Waals surface area (Å²) in [4.78, 5) is 30.9. The molecule has 0 N–H and O–H groups in total. The standard InChI is InChI=1S/C23H21Cl2N3O4/c1-14(29)31-20(15-6-3-2-4-7-15)23(30)28-12-10-16(11-13-28)22-26-21(27-32-22)19-17(24)8-5-9-18(19)25/h2-9,16,20H,10-13H2,1H3. The lowest BCUT2D eigenvalue weighted by Gasteiger charge is -2.32. The van der Waals surface area contributed by atoms with E-state index < -0.39 is 12.1 Å². The molecule has 0 bridgehead atoms. The number of likely N-dealkylation sites (tertiary alicyclic amines) is 1. The van der Waals surface area contributed by atoms with Crippen LogP contribution in [0.4, 0.5) is 0 Å². The lowest BCUT2D eigenvalue weighted by molar-refractivity contribution is -0.159. The molecule has 0 aliphatic carbocycles. The monoisotopic (exact) mass is 473 g/mol. The minimum atomic E-state index is -0.956. The van der Waals surface area contributed by atoms with Gasteiger partial charge in [0.1, 0.15) is 0 Å². The van der Waals surface area contributed by atoms with Gasteiger partial charge in [-0.3, -0.25) is 9.59 Å². The number of ether oxygens (including phenoxy) is 1. The van der Waals surface area contributed by atoms with Crippen LogP contribution in [0.15, 0.2) is 53.1 Å². The summed E-state index contributed by atoms with van der Waals surface area (Å²) >= 11 is 12.5. The minimum Gasteiger partial charge on any atom is -0.447 e. The van der Waals surface area contributed by atoms with Gasteiger partial charge in [0.25, 0.3) is 5.91 Å². The van der Waals surface area contributed by atoms with Crippen LogP contribution in [-0.4, -0.2) is 40.0 Å². The largest absolute Gasteiger partial charge is 0.447 e. The fourth-order valence-corrected chi connectivity index (χ4v) is 4.35. The van der Waals surface area contributed by atoms with Crippen LogP contribution in [0.1, 0.15) is 43.2 Å². The van der Waals surface area contributed by atoms with Crippen molar-refractivity contribution in [2.24, 2.45) is 0 Å². The van der Waals surface area contributed by atoms with Crippen molar-refractivity contribution in [1.82, 2.24) is 15.0 Å². The molecule has 1 aliphatic heterocycles. The van der Waals surface area contributed by atoms with Gasteiger partial charge in [0.15, 0.2) is 0 Å². The first-order valence-electron chi connectivity index (χ1n) is 10.2. The summed E-state index contributed by atoms with van der Waals surface area (Å²) in [5, 5.41) is 4.94. The fourth-order valence-electron chi connectivity index (χ4n) is 3.78. The van der Waals surface area contributed by atoms with Gasteiger partial charge in [-0.2, -0.15) is 4.98 Å². The van der Waals surface area contributed by atoms with Gasteiger partial charge in [-0.25, -0.2) is 0 Å². The van der Waals surface area contributed by atoms with Crippen LogP contribution in [0.25, 0.3) is 11.4 Å². The van der Waals surface area contributed by atoms with E-state index in [1.807, 2.05) is 18.2 Å².